The Morgan fingerprint density at radius 1 is 0.947 bits per heavy atom. The number of sulfonamides is 1. The molecule has 3 aromatic rings. The molecule has 2 unspecified atom stereocenters. The molecular formula is C25H30N4O7S2. The van der Waals surface area contributed by atoms with Gasteiger partial charge in [0.25, 0.3) is 5.91 Å². The third-order valence-corrected chi connectivity index (χ3v) is 10.1. The molecule has 1 amide bonds. The fourth-order valence-electron chi connectivity index (χ4n) is 4.04. The number of carbonyl (C=O) groups is 1. The predicted molar refractivity (Wildman–Crippen MR) is 139 cm³/mol. The topological polar surface area (TPSA) is 149 Å². The molecule has 1 fully saturated rings. The van der Waals surface area contributed by atoms with Gasteiger partial charge >= 0.3 is 6.01 Å². The quantitative estimate of drug-likeness (QED) is 0.437. The lowest BCUT2D eigenvalue weighted by atomic mass is 10.1. The Morgan fingerprint density at radius 2 is 1.53 bits per heavy atom. The molecule has 0 saturated carbocycles. The molecule has 0 spiro atoms. The van der Waals surface area contributed by atoms with Crippen molar-refractivity contribution in [3.05, 3.63) is 65.5 Å². The second-order valence-electron chi connectivity index (χ2n) is 9.47. The van der Waals surface area contributed by atoms with Crippen molar-refractivity contribution < 1.29 is 30.8 Å². The number of sulfone groups is 1. The van der Waals surface area contributed by atoms with Gasteiger partial charge in [0, 0.05) is 18.7 Å². The summed E-state index contributed by atoms with van der Waals surface area (Å²) in [6.45, 7) is 7.42. The highest BCUT2D eigenvalue weighted by atomic mass is 32.2. The number of morpholine rings is 1. The molecule has 11 nitrogen and oxygen atoms in total. The summed E-state index contributed by atoms with van der Waals surface area (Å²) >= 11 is 0. The molecule has 2 heterocycles. The predicted octanol–water partition coefficient (Wildman–Crippen LogP) is 2.89. The van der Waals surface area contributed by atoms with Crippen molar-refractivity contribution >= 4 is 31.8 Å². The largest absolute Gasteiger partial charge is 0.407 e. The van der Waals surface area contributed by atoms with E-state index in [1.54, 1.807) is 26.0 Å². The molecule has 0 bridgehead atoms. The number of benzene rings is 2. The number of ether oxygens (including phenoxy) is 1. The third kappa shape index (κ3) is 6.12. The fraction of sp³-hybridized carbons (Fsp3) is 0.400. The Labute approximate surface area is 222 Å². The van der Waals surface area contributed by atoms with Crippen LogP contribution in [0.4, 0.5) is 6.01 Å². The summed E-state index contributed by atoms with van der Waals surface area (Å²) in [7, 11) is -7.09. The van der Waals surface area contributed by atoms with Crippen LogP contribution in [0.25, 0.3) is 0 Å². The first-order chi connectivity index (χ1) is 17.9. The minimum Gasteiger partial charge on any atom is -0.407 e. The van der Waals surface area contributed by atoms with Crippen molar-refractivity contribution in [2.75, 3.05) is 18.4 Å². The standard InChI is InChI=1S/C25H30N4O7S2/c1-16(2)37(31,32)21-9-5-19(6-10-21)13-23-27-28-25(36-23)26-24(30)20-7-11-22(12-8-20)38(33,34)29-14-17(3)35-18(4)15-29/h5-12,16-18H,13-15H2,1-4H3,(H,26,28,30). The van der Waals surface area contributed by atoms with Crippen LogP contribution < -0.4 is 5.32 Å². The Kier molecular flexibility index (Phi) is 8.02. The van der Waals surface area contributed by atoms with Gasteiger partial charge in [0.2, 0.25) is 15.9 Å². The minimum atomic E-state index is -3.72. The van der Waals surface area contributed by atoms with E-state index >= 15 is 0 Å². The van der Waals surface area contributed by atoms with Gasteiger partial charge in [-0.1, -0.05) is 17.2 Å². The van der Waals surface area contributed by atoms with Crippen molar-refractivity contribution in [1.82, 2.24) is 14.5 Å². The van der Waals surface area contributed by atoms with Crippen LogP contribution in [0.3, 0.4) is 0 Å². The first-order valence-electron chi connectivity index (χ1n) is 12.1. The first kappa shape index (κ1) is 27.9. The van der Waals surface area contributed by atoms with Crippen LogP contribution in [0.5, 0.6) is 0 Å². The van der Waals surface area contributed by atoms with Gasteiger partial charge in [-0.15, -0.1) is 5.10 Å². The molecule has 2 atom stereocenters. The molecule has 204 valence electrons. The average Bonchev–Trinajstić information content (AvgIpc) is 3.30. The number of amides is 1. The van der Waals surface area contributed by atoms with Crippen LogP contribution in [0.2, 0.25) is 0 Å². The van der Waals surface area contributed by atoms with E-state index in [-0.39, 0.29) is 59.0 Å². The van der Waals surface area contributed by atoms with Crippen LogP contribution in [0.1, 0.15) is 49.5 Å². The van der Waals surface area contributed by atoms with Gasteiger partial charge in [-0.25, -0.2) is 16.8 Å². The molecule has 4 rings (SSSR count). The molecule has 38 heavy (non-hydrogen) atoms. The number of aromatic nitrogens is 2. The second-order valence-corrected chi connectivity index (χ2v) is 13.9. The van der Waals surface area contributed by atoms with Gasteiger partial charge in [-0.2, -0.15) is 4.31 Å². The number of hydrogen-bond acceptors (Lipinski definition) is 9. The van der Waals surface area contributed by atoms with E-state index in [4.69, 9.17) is 9.15 Å². The van der Waals surface area contributed by atoms with E-state index in [0.717, 1.165) is 5.56 Å². The summed E-state index contributed by atoms with van der Waals surface area (Å²) in [5.74, 6) is -0.309. The van der Waals surface area contributed by atoms with Gasteiger partial charge in [-0.3, -0.25) is 10.1 Å². The third-order valence-electron chi connectivity index (χ3n) is 6.06. The van der Waals surface area contributed by atoms with Gasteiger partial charge in [0.05, 0.1) is 33.7 Å². The molecule has 1 saturated heterocycles. The molecule has 0 radical (unpaired) electrons. The Hall–Kier alpha value is -3.13. The number of carbonyl (C=O) groups excluding carboxylic acids is 1. The SMILES string of the molecule is CC1CN(S(=O)(=O)c2ccc(C(=O)Nc3nnc(Cc4ccc(S(=O)(=O)C(C)C)cc4)o3)cc2)CC(C)O1. The van der Waals surface area contributed by atoms with E-state index in [1.807, 2.05) is 13.8 Å². The highest BCUT2D eigenvalue weighted by Crippen LogP contribution is 2.22. The van der Waals surface area contributed by atoms with Gasteiger partial charge in [0.15, 0.2) is 9.84 Å². The van der Waals surface area contributed by atoms with Crippen LogP contribution in [-0.4, -0.2) is 67.8 Å². The summed E-state index contributed by atoms with van der Waals surface area (Å²) < 4.78 is 63.1. The van der Waals surface area contributed by atoms with Crippen molar-refractivity contribution in [2.24, 2.45) is 0 Å². The zero-order valence-corrected chi connectivity index (χ0v) is 23.1. The van der Waals surface area contributed by atoms with E-state index in [2.05, 4.69) is 15.5 Å². The van der Waals surface area contributed by atoms with Crippen molar-refractivity contribution in [3.63, 3.8) is 0 Å². The highest BCUT2D eigenvalue weighted by Gasteiger charge is 2.32. The van der Waals surface area contributed by atoms with Crippen molar-refractivity contribution in [2.45, 2.75) is 61.4 Å². The molecule has 1 aliphatic heterocycles. The molecule has 0 aliphatic carbocycles. The maximum absolute atomic E-state index is 13.0. The molecule has 1 aliphatic rings. The number of nitrogens with zero attached hydrogens (tertiary/aromatic N) is 3. The minimum absolute atomic E-state index is 0.0858. The smallest absolute Gasteiger partial charge is 0.322 e. The van der Waals surface area contributed by atoms with Crippen molar-refractivity contribution in [3.8, 4) is 0 Å². The number of anilines is 1. The Balaban J connectivity index is 1.38. The van der Waals surface area contributed by atoms with Crippen LogP contribution >= 0.6 is 0 Å². The zero-order chi connectivity index (χ0) is 27.7. The number of hydrogen-bond donors (Lipinski definition) is 1. The van der Waals surface area contributed by atoms with Crippen LogP contribution in [-0.2, 0) is 31.0 Å². The lowest BCUT2D eigenvalue weighted by Crippen LogP contribution is -2.48. The van der Waals surface area contributed by atoms with Gasteiger partial charge < -0.3 is 9.15 Å². The Bertz CT molecular complexity index is 1490. The highest BCUT2D eigenvalue weighted by molar-refractivity contribution is 7.92. The maximum Gasteiger partial charge on any atom is 0.322 e. The number of rotatable bonds is 8. The lowest BCUT2D eigenvalue weighted by molar-refractivity contribution is -0.0440. The molecule has 1 aromatic heterocycles. The van der Waals surface area contributed by atoms with E-state index in [9.17, 15) is 21.6 Å². The maximum atomic E-state index is 13.0. The van der Waals surface area contributed by atoms with Crippen LogP contribution in [0, 0.1) is 0 Å². The molecule has 1 N–H and O–H groups in total. The molecular weight excluding hydrogens is 532 g/mol. The molecule has 2 aromatic carbocycles. The second kappa shape index (κ2) is 10.9. The summed E-state index contributed by atoms with van der Waals surface area (Å²) in [6, 6.07) is 11.9. The van der Waals surface area contributed by atoms with E-state index in [1.165, 1.54) is 40.7 Å². The summed E-state index contributed by atoms with van der Waals surface area (Å²) in [5, 5.41) is 9.74. The molecule has 13 heteroatoms. The van der Waals surface area contributed by atoms with E-state index in [0.29, 0.717) is 0 Å². The normalized spacial score (nSPS) is 19.0. The van der Waals surface area contributed by atoms with E-state index < -0.39 is 31.0 Å². The van der Waals surface area contributed by atoms with Gasteiger partial charge in [0.1, 0.15) is 0 Å². The fourth-order valence-corrected chi connectivity index (χ4v) is 6.69. The zero-order valence-electron chi connectivity index (χ0n) is 21.5. The van der Waals surface area contributed by atoms with Gasteiger partial charge in [-0.05, 0) is 69.7 Å². The summed E-state index contributed by atoms with van der Waals surface area (Å²) in [6.07, 6.45) is -0.174. The average molecular weight is 563 g/mol. The van der Waals surface area contributed by atoms with Crippen LogP contribution in [0.15, 0.2) is 62.7 Å². The summed E-state index contributed by atoms with van der Waals surface area (Å²) in [5.41, 5.74) is 0.976. The Morgan fingerprint density at radius 3 is 2.11 bits per heavy atom. The first-order valence-corrected chi connectivity index (χ1v) is 15.1. The monoisotopic (exact) mass is 562 g/mol. The lowest BCUT2D eigenvalue weighted by Gasteiger charge is -2.34. The number of nitrogens with one attached hydrogen (secondary N) is 1. The van der Waals surface area contributed by atoms with Crippen molar-refractivity contribution in [1.29, 1.82) is 0 Å². The summed E-state index contributed by atoms with van der Waals surface area (Å²) in [4.78, 5) is 13.0.